The fourth-order valence-electron chi connectivity index (χ4n) is 0.712. The van der Waals surface area contributed by atoms with E-state index in [2.05, 4.69) is 4.94 Å². The maximum absolute atomic E-state index is 11.7. The molecule has 7 heteroatoms. The first-order chi connectivity index (χ1) is 6.08. The highest BCUT2D eigenvalue weighted by molar-refractivity contribution is 5.56. The Labute approximate surface area is 73.1 Å². The lowest BCUT2D eigenvalue weighted by Crippen LogP contribution is -2.46. The SMILES string of the molecule is O=C[C@H](O)[C@@H](OF)[C@H](O)[C@H](O)CO. The van der Waals surface area contributed by atoms with Crippen LogP contribution in [0.25, 0.3) is 0 Å². The number of rotatable bonds is 6. The van der Waals surface area contributed by atoms with Crippen molar-refractivity contribution in [3.05, 3.63) is 0 Å². The van der Waals surface area contributed by atoms with Gasteiger partial charge >= 0.3 is 0 Å². The monoisotopic (exact) mass is 198 g/mol. The van der Waals surface area contributed by atoms with E-state index in [1.807, 2.05) is 0 Å². The zero-order valence-corrected chi connectivity index (χ0v) is 6.58. The molecule has 0 radical (unpaired) electrons. The van der Waals surface area contributed by atoms with Crippen molar-refractivity contribution >= 4 is 6.29 Å². The Bertz CT molecular complexity index is 154. The van der Waals surface area contributed by atoms with E-state index in [4.69, 9.17) is 20.4 Å². The summed E-state index contributed by atoms with van der Waals surface area (Å²) in [6.45, 7) is -0.841. The van der Waals surface area contributed by atoms with E-state index in [-0.39, 0.29) is 6.29 Å². The largest absolute Gasteiger partial charge is 0.394 e. The molecule has 0 rings (SSSR count). The summed E-state index contributed by atoms with van der Waals surface area (Å²) in [6, 6.07) is 0. The number of hydrogen-bond acceptors (Lipinski definition) is 6. The summed E-state index contributed by atoms with van der Waals surface area (Å²) >= 11 is 0. The molecule has 0 aromatic carbocycles. The lowest BCUT2D eigenvalue weighted by Gasteiger charge is -2.23. The molecule has 0 heterocycles. The fraction of sp³-hybridized carbons (Fsp3) is 0.833. The van der Waals surface area contributed by atoms with E-state index < -0.39 is 31.0 Å². The number of aliphatic hydroxyl groups excluding tert-OH is 4. The topological polar surface area (TPSA) is 107 Å². The lowest BCUT2D eigenvalue weighted by atomic mass is 10.0. The summed E-state index contributed by atoms with van der Waals surface area (Å²) in [5.41, 5.74) is 0. The van der Waals surface area contributed by atoms with Crippen LogP contribution in [0.2, 0.25) is 0 Å². The summed E-state index contributed by atoms with van der Waals surface area (Å²) in [5, 5.41) is 34.9. The molecule has 0 aliphatic heterocycles. The first-order valence-electron chi connectivity index (χ1n) is 3.46. The Kier molecular flexibility index (Phi) is 5.67. The number of carbonyl (C=O) groups excluding carboxylic acids is 1. The van der Waals surface area contributed by atoms with E-state index in [1.54, 1.807) is 0 Å². The van der Waals surface area contributed by atoms with Crippen LogP contribution in [0, 0.1) is 0 Å². The minimum atomic E-state index is -1.90. The highest BCUT2D eigenvalue weighted by atomic mass is 19.3. The van der Waals surface area contributed by atoms with Gasteiger partial charge in [0.1, 0.15) is 18.3 Å². The zero-order chi connectivity index (χ0) is 10.4. The van der Waals surface area contributed by atoms with Gasteiger partial charge in [-0.2, -0.15) is 4.94 Å². The number of halogens is 1. The summed E-state index contributed by atoms with van der Waals surface area (Å²) < 4.78 is 11.7. The average Bonchev–Trinajstić information content (AvgIpc) is 2.17. The molecule has 0 saturated heterocycles. The van der Waals surface area contributed by atoms with Crippen molar-refractivity contribution in [2.75, 3.05) is 6.61 Å². The molecule has 0 fully saturated rings. The Morgan fingerprint density at radius 1 is 1.38 bits per heavy atom. The van der Waals surface area contributed by atoms with Crippen LogP contribution in [-0.4, -0.2) is 57.7 Å². The first kappa shape index (κ1) is 12.4. The smallest absolute Gasteiger partial charge is 0.159 e. The third-order valence-corrected chi connectivity index (χ3v) is 1.50. The number of hydrogen-bond donors (Lipinski definition) is 4. The molecule has 4 atom stereocenters. The van der Waals surface area contributed by atoms with Gasteiger partial charge in [0.2, 0.25) is 0 Å². The molecule has 0 amide bonds. The van der Waals surface area contributed by atoms with Gasteiger partial charge in [0.15, 0.2) is 12.4 Å². The zero-order valence-electron chi connectivity index (χ0n) is 6.58. The van der Waals surface area contributed by atoms with Crippen LogP contribution >= 0.6 is 0 Å². The van der Waals surface area contributed by atoms with Crippen LogP contribution in [0.5, 0.6) is 0 Å². The second-order valence-electron chi connectivity index (χ2n) is 2.42. The molecule has 0 saturated carbocycles. The molecule has 0 aromatic rings. The average molecular weight is 198 g/mol. The van der Waals surface area contributed by atoms with Crippen molar-refractivity contribution in [2.24, 2.45) is 0 Å². The van der Waals surface area contributed by atoms with Crippen LogP contribution in [0.3, 0.4) is 0 Å². The van der Waals surface area contributed by atoms with Crippen molar-refractivity contribution in [3.63, 3.8) is 0 Å². The van der Waals surface area contributed by atoms with Gasteiger partial charge in [-0.15, -0.1) is 0 Å². The molecule has 6 nitrogen and oxygen atoms in total. The fourth-order valence-corrected chi connectivity index (χ4v) is 0.712. The predicted octanol–water partition coefficient (Wildman–Crippen LogP) is -2.47. The van der Waals surface area contributed by atoms with Gasteiger partial charge in [-0.05, 0) is 4.53 Å². The Hall–Kier alpha value is -0.600. The van der Waals surface area contributed by atoms with Gasteiger partial charge in [0.05, 0.1) is 6.61 Å². The van der Waals surface area contributed by atoms with Crippen molar-refractivity contribution in [1.29, 1.82) is 0 Å². The lowest BCUT2D eigenvalue weighted by molar-refractivity contribution is -0.246. The maximum atomic E-state index is 11.7. The molecule has 0 aliphatic carbocycles. The molecule has 4 N–H and O–H groups in total. The van der Waals surface area contributed by atoms with Gasteiger partial charge in [-0.25, -0.2) is 0 Å². The number of aliphatic hydroxyl groups is 4. The van der Waals surface area contributed by atoms with Crippen molar-refractivity contribution < 1.29 is 34.7 Å². The Morgan fingerprint density at radius 2 is 1.92 bits per heavy atom. The molecular formula is C6H11FO6. The van der Waals surface area contributed by atoms with Gasteiger partial charge in [0.25, 0.3) is 0 Å². The summed E-state index contributed by atoms with van der Waals surface area (Å²) in [6.07, 6.45) is -7.43. The quantitative estimate of drug-likeness (QED) is 0.352. The second kappa shape index (κ2) is 5.95. The van der Waals surface area contributed by atoms with E-state index in [1.165, 1.54) is 0 Å². The van der Waals surface area contributed by atoms with Gasteiger partial charge in [-0.1, -0.05) is 0 Å². The van der Waals surface area contributed by atoms with E-state index in [0.29, 0.717) is 0 Å². The normalized spacial score (nSPS) is 20.4. The molecule has 0 aliphatic rings. The minimum Gasteiger partial charge on any atom is -0.394 e. The molecule has 0 unspecified atom stereocenters. The van der Waals surface area contributed by atoms with Crippen LogP contribution < -0.4 is 0 Å². The standard InChI is InChI=1S/C6H11FO6/c7-13-6(4(11)2-9)5(12)3(10)1-8/h2-6,8,10-12H,1H2/t3-,4+,5-,6-/m1/s1. The Balaban J connectivity index is 4.29. The minimum absolute atomic E-state index is 0.0580. The molecule has 0 spiro atoms. The molecular weight excluding hydrogens is 187 g/mol. The molecule has 13 heavy (non-hydrogen) atoms. The van der Waals surface area contributed by atoms with Crippen LogP contribution in [0.1, 0.15) is 0 Å². The third-order valence-electron chi connectivity index (χ3n) is 1.50. The van der Waals surface area contributed by atoms with Crippen LogP contribution in [0.4, 0.5) is 4.53 Å². The molecule has 0 aromatic heterocycles. The number of carbonyl (C=O) groups is 1. The van der Waals surface area contributed by atoms with Crippen LogP contribution in [0.15, 0.2) is 0 Å². The highest BCUT2D eigenvalue weighted by Gasteiger charge is 2.33. The van der Waals surface area contributed by atoms with E-state index in [0.717, 1.165) is 0 Å². The number of aldehydes is 1. The van der Waals surface area contributed by atoms with Gasteiger partial charge in [-0.3, -0.25) is 0 Å². The predicted molar refractivity (Wildman–Crippen MR) is 37.2 cm³/mol. The van der Waals surface area contributed by atoms with Crippen molar-refractivity contribution in [1.82, 2.24) is 0 Å². The van der Waals surface area contributed by atoms with Crippen molar-refractivity contribution in [2.45, 2.75) is 24.4 Å². The van der Waals surface area contributed by atoms with Crippen LogP contribution in [-0.2, 0) is 9.74 Å². The van der Waals surface area contributed by atoms with Gasteiger partial charge < -0.3 is 25.2 Å². The highest BCUT2D eigenvalue weighted by Crippen LogP contribution is 2.08. The summed E-state index contributed by atoms with van der Waals surface area (Å²) in [4.78, 5) is 13.1. The van der Waals surface area contributed by atoms with E-state index >= 15 is 0 Å². The molecule has 78 valence electrons. The first-order valence-corrected chi connectivity index (χ1v) is 3.46. The molecule has 0 bridgehead atoms. The summed E-state index contributed by atoms with van der Waals surface area (Å²) in [5.74, 6) is 0. The van der Waals surface area contributed by atoms with E-state index in [9.17, 15) is 9.32 Å². The third kappa shape index (κ3) is 3.33. The van der Waals surface area contributed by atoms with Crippen molar-refractivity contribution in [3.8, 4) is 0 Å². The summed E-state index contributed by atoms with van der Waals surface area (Å²) in [7, 11) is 0. The Morgan fingerprint density at radius 3 is 2.23 bits per heavy atom. The maximum Gasteiger partial charge on any atom is 0.159 e. The van der Waals surface area contributed by atoms with Gasteiger partial charge in [0, 0.05) is 0 Å². The second-order valence-corrected chi connectivity index (χ2v) is 2.42.